The normalized spacial score (nSPS) is 18.8. The highest BCUT2D eigenvalue weighted by molar-refractivity contribution is 5.99. The molecule has 1 aromatic heterocycles. The number of benzene rings is 2. The molecule has 0 radical (unpaired) electrons. The third-order valence-corrected chi connectivity index (χ3v) is 6.61. The Kier molecular flexibility index (Phi) is 6.00. The summed E-state index contributed by atoms with van der Waals surface area (Å²) in [6.07, 6.45) is 1.67. The molecule has 1 saturated heterocycles. The van der Waals surface area contributed by atoms with E-state index < -0.39 is 11.9 Å². The molecule has 7 heteroatoms. The van der Waals surface area contributed by atoms with Crippen LogP contribution in [0.1, 0.15) is 46.6 Å². The Hall–Kier alpha value is -3.03. The van der Waals surface area contributed by atoms with Crippen LogP contribution in [-0.4, -0.2) is 55.1 Å². The summed E-state index contributed by atoms with van der Waals surface area (Å²) in [5, 5.41) is 0.159. The standard InChI is InChI=1S/C26H27FN2O4/c1-2-17-4-6-18(7-5-17)23-22-24(30)20-16-19(27)8-9-21(20)33-25(22)26(31)29(23)11-3-10-28-12-14-32-15-13-28/h4-9,16,23H,2-3,10-15H2,1H3. The second-order valence-corrected chi connectivity index (χ2v) is 8.62. The Morgan fingerprint density at radius 2 is 1.79 bits per heavy atom. The summed E-state index contributed by atoms with van der Waals surface area (Å²) in [5.41, 5.74) is 2.21. The number of morpholine rings is 1. The first-order valence-corrected chi connectivity index (χ1v) is 11.5. The number of carbonyl (C=O) groups excluding carboxylic acids is 1. The number of carbonyl (C=O) groups is 1. The van der Waals surface area contributed by atoms with Crippen molar-refractivity contribution >= 4 is 16.9 Å². The Balaban J connectivity index is 1.53. The number of ether oxygens (including phenoxy) is 1. The van der Waals surface area contributed by atoms with Crippen molar-refractivity contribution in [2.45, 2.75) is 25.8 Å². The van der Waals surface area contributed by atoms with Crippen LogP contribution in [0.3, 0.4) is 0 Å². The fraction of sp³-hybridized carbons (Fsp3) is 0.385. The minimum Gasteiger partial charge on any atom is -0.450 e. The number of amides is 1. The number of hydrogen-bond acceptors (Lipinski definition) is 5. The van der Waals surface area contributed by atoms with Crippen molar-refractivity contribution in [3.63, 3.8) is 0 Å². The fourth-order valence-electron chi connectivity index (χ4n) is 4.79. The zero-order valence-electron chi connectivity index (χ0n) is 18.7. The minimum atomic E-state index is -0.549. The summed E-state index contributed by atoms with van der Waals surface area (Å²) in [7, 11) is 0. The molecular formula is C26H27FN2O4. The Morgan fingerprint density at radius 3 is 2.52 bits per heavy atom. The minimum absolute atomic E-state index is 0.0649. The van der Waals surface area contributed by atoms with Gasteiger partial charge in [-0.05, 0) is 42.2 Å². The van der Waals surface area contributed by atoms with Gasteiger partial charge in [-0.2, -0.15) is 0 Å². The predicted octanol–water partition coefficient (Wildman–Crippen LogP) is 3.76. The smallest absolute Gasteiger partial charge is 0.290 e. The summed E-state index contributed by atoms with van der Waals surface area (Å²) in [5.74, 6) is -0.736. The molecule has 1 unspecified atom stereocenters. The fourth-order valence-corrected chi connectivity index (χ4v) is 4.79. The molecular weight excluding hydrogens is 423 g/mol. The van der Waals surface area contributed by atoms with Crippen LogP contribution in [0.25, 0.3) is 11.0 Å². The zero-order chi connectivity index (χ0) is 22.9. The van der Waals surface area contributed by atoms with E-state index in [1.165, 1.54) is 23.8 Å². The van der Waals surface area contributed by atoms with Crippen molar-refractivity contribution in [3.05, 3.63) is 81.0 Å². The van der Waals surface area contributed by atoms with E-state index in [1.807, 2.05) is 24.3 Å². The van der Waals surface area contributed by atoms with E-state index in [9.17, 15) is 14.0 Å². The van der Waals surface area contributed by atoms with Gasteiger partial charge in [-0.25, -0.2) is 4.39 Å². The first-order valence-electron chi connectivity index (χ1n) is 11.5. The van der Waals surface area contributed by atoms with Gasteiger partial charge in [0.25, 0.3) is 5.91 Å². The number of nitrogens with zero attached hydrogens (tertiary/aromatic N) is 2. The second-order valence-electron chi connectivity index (χ2n) is 8.62. The van der Waals surface area contributed by atoms with Crippen molar-refractivity contribution in [1.82, 2.24) is 9.80 Å². The molecule has 0 aliphatic carbocycles. The molecule has 6 nitrogen and oxygen atoms in total. The van der Waals surface area contributed by atoms with Gasteiger partial charge in [0.2, 0.25) is 5.76 Å². The van der Waals surface area contributed by atoms with E-state index in [4.69, 9.17) is 9.15 Å². The highest BCUT2D eigenvalue weighted by atomic mass is 19.1. The molecule has 1 fully saturated rings. The van der Waals surface area contributed by atoms with Gasteiger partial charge in [0, 0.05) is 26.2 Å². The molecule has 33 heavy (non-hydrogen) atoms. The molecule has 0 saturated carbocycles. The third-order valence-electron chi connectivity index (χ3n) is 6.61. The van der Waals surface area contributed by atoms with Gasteiger partial charge in [-0.15, -0.1) is 0 Å². The number of aryl methyl sites for hydroxylation is 1. The number of halogens is 1. The molecule has 1 atom stereocenters. The van der Waals surface area contributed by atoms with Crippen LogP contribution < -0.4 is 5.43 Å². The summed E-state index contributed by atoms with van der Waals surface area (Å²) in [6, 6.07) is 11.3. The Labute approximate surface area is 191 Å². The molecule has 2 aliphatic heterocycles. The summed E-state index contributed by atoms with van der Waals surface area (Å²) >= 11 is 0. The van der Waals surface area contributed by atoms with Crippen molar-refractivity contribution < 1.29 is 18.3 Å². The van der Waals surface area contributed by atoms with Crippen LogP contribution in [0.4, 0.5) is 4.39 Å². The van der Waals surface area contributed by atoms with E-state index in [0.29, 0.717) is 12.1 Å². The van der Waals surface area contributed by atoms with Gasteiger partial charge in [0.1, 0.15) is 11.4 Å². The lowest BCUT2D eigenvalue weighted by molar-refractivity contribution is 0.0353. The van der Waals surface area contributed by atoms with Crippen molar-refractivity contribution in [1.29, 1.82) is 0 Å². The van der Waals surface area contributed by atoms with Gasteiger partial charge in [-0.1, -0.05) is 31.2 Å². The average molecular weight is 451 g/mol. The maximum Gasteiger partial charge on any atom is 0.290 e. The molecule has 0 N–H and O–H groups in total. The lowest BCUT2D eigenvalue weighted by Crippen LogP contribution is -2.38. The van der Waals surface area contributed by atoms with Crippen LogP contribution >= 0.6 is 0 Å². The molecule has 3 heterocycles. The van der Waals surface area contributed by atoms with E-state index in [-0.39, 0.29) is 28.1 Å². The third kappa shape index (κ3) is 4.07. The first-order chi connectivity index (χ1) is 16.1. The van der Waals surface area contributed by atoms with Crippen molar-refractivity contribution in [3.8, 4) is 0 Å². The second kappa shape index (κ2) is 9.08. The molecule has 0 spiro atoms. The highest BCUT2D eigenvalue weighted by Crippen LogP contribution is 2.38. The lowest BCUT2D eigenvalue weighted by Gasteiger charge is -2.29. The van der Waals surface area contributed by atoms with Crippen LogP contribution in [0.5, 0.6) is 0 Å². The zero-order valence-corrected chi connectivity index (χ0v) is 18.7. The first kappa shape index (κ1) is 21.8. The molecule has 3 aromatic rings. The maximum atomic E-state index is 13.9. The van der Waals surface area contributed by atoms with Gasteiger partial charge in [0.05, 0.1) is 30.2 Å². The molecule has 2 aliphatic rings. The van der Waals surface area contributed by atoms with Gasteiger partial charge in [0.15, 0.2) is 5.43 Å². The van der Waals surface area contributed by atoms with Gasteiger partial charge < -0.3 is 14.1 Å². The van der Waals surface area contributed by atoms with E-state index in [0.717, 1.165) is 51.3 Å². The predicted molar refractivity (Wildman–Crippen MR) is 123 cm³/mol. The van der Waals surface area contributed by atoms with Crippen LogP contribution in [-0.2, 0) is 11.2 Å². The van der Waals surface area contributed by atoms with E-state index in [1.54, 1.807) is 4.90 Å². The van der Waals surface area contributed by atoms with Crippen LogP contribution in [0.15, 0.2) is 51.7 Å². The van der Waals surface area contributed by atoms with Gasteiger partial charge in [-0.3, -0.25) is 14.5 Å². The largest absolute Gasteiger partial charge is 0.450 e. The van der Waals surface area contributed by atoms with E-state index >= 15 is 0 Å². The van der Waals surface area contributed by atoms with Crippen molar-refractivity contribution in [2.24, 2.45) is 0 Å². The van der Waals surface area contributed by atoms with Crippen LogP contribution in [0.2, 0.25) is 0 Å². The van der Waals surface area contributed by atoms with Crippen molar-refractivity contribution in [2.75, 3.05) is 39.4 Å². The number of rotatable bonds is 6. The number of hydrogen-bond donors (Lipinski definition) is 0. The molecule has 0 bridgehead atoms. The maximum absolute atomic E-state index is 13.9. The molecule has 1 amide bonds. The monoisotopic (exact) mass is 450 g/mol. The van der Waals surface area contributed by atoms with E-state index in [2.05, 4.69) is 11.8 Å². The topological polar surface area (TPSA) is 63.0 Å². The highest BCUT2D eigenvalue weighted by Gasteiger charge is 2.42. The number of fused-ring (bicyclic) bond motifs is 2. The Morgan fingerprint density at radius 1 is 1.03 bits per heavy atom. The molecule has 5 rings (SSSR count). The summed E-state index contributed by atoms with van der Waals surface area (Å²) in [4.78, 5) is 30.9. The summed E-state index contributed by atoms with van der Waals surface area (Å²) in [6.45, 7) is 6.63. The quantitative estimate of drug-likeness (QED) is 0.572. The lowest BCUT2D eigenvalue weighted by atomic mass is 9.97. The SMILES string of the molecule is CCc1ccc(C2c3c(oc4ccc(F)cc4c3=O)C(=O)N2CCCN2CCOCC2)cc1. The average Bonchev–Trinajstić information content (AvgIpc) is 3.12. The van der Waals surface area contributed by atoms with Gasteiger partial charge >= 0.3 is 0 Å². The van der Waals surface area contributed by atoms with Crippen LogP contribution in [0, 0.1) is 5.82 Å². The summed E-state index contributed by atoms with van der Waals surface area (Å²) < 4.78 is 25.2. The Bertz CT molecular complexity index is 1230. The molecule has 2 aromatic carbocycles. The molecule has 172 valence electrons.